The van der Waals surface area contributed by atoms with Crippen LogP contribution >= 0.6 is 71.9 Å². The average molecular weight is 964 g/mol. The minimum atomic E-state index is -1.07. The molecule has 328 valence electrons. The van der Waals surface area contributed by atoms with Crippen molar-refractivity contribution in [2.24, 2.45) is 10.4 Å². The van der Waals surface area contributed by atoms with E-state index in [0.717, 1.165) is 28.1 Å². The fourth-order valence-corrected chi connectivity index (χ4v) is 8.73. The number of thioether (sulfide) groups is 3. The summed E-state index contributed by atoms with van der Waals surface area (Å²) < 4.78 is 19.5. The Morgan fingerprint density at radius 1 is 0.625 bits per heavy atom. The van der Waals surface area contributed by atoms with Gasteiger partial charge in [0.1, 0.15) is 19.8 Å². The summed E-state index contributed by atoms with van der Waals surface area (Å²) in [6, 6.07) is 32.3. The van der Waals surface area contributed by atoms with Crippen molar-refractivity contribution in [2.45, 2.75) is 37.5 Å². The Hall–Kier alpha value is -5.16. The van der Waals surface area contributed by atoms with E-state index in [0.29, 0.717) is 58.7 Å². The van der Waals surface area contributed by atoms with E-state index in [4.69, 9.17) is 50.9 Å². The minimum absolute atomic E-state index is 0.189. The summed E-state index contributed by atoms with van der Waals surface area (Å²) in [5.41, 5.74) is 4.90. The van der Waals surface area contributed by atoms with Gasteiger partial charge >= 0.3 is 17.9 Å². The molecule has 9 nitrogen and oxygen atoms in total. The van der Waals surface area contributed by atoms with Gasteiger partial charge in [-0.25, -0.2) is 14.4 Å². The van der Waals surface area contributed by atoms with Crippen LogP contribution in [0.25, 0.3) is 0 Å². The molecule has 0 N–H and O–H groups in total. The highest BCUT2D eigenvalue weighted by atomic mass is 32.2. The summed E-state index contributed by atoms with van der Waals surface area (Å²) >= 11 is 21.0. The number of aromatic nitrogens is 2. The third-order valence-corrected chi connectivity index (χ3v) is 14.0. The van der Waals surface area contributed by atoms with E-state index in [1.54, 1.807) is 61.1 Å². The second-order valence-corrected chi connectivity index (χ2v) is 19.0. The molecule has 0 saturated heterocycles. The van der Waals surface area contributed by atoms with E-state index < -0.39 is 23.3 Å². The SMILES string of the molecule is C=C/C(=N\C=C/C)C(=S)SCc1ccc(C(=O)OCC(CC)(COC(=O)c2ccc(CSC(=S)c3ccccn3)cc2)COC(=O)c2ccc(CSC(=S)c3ccccn3)cc2)cc1. The summed E-state index contributed by atoms with van der Waals surface area (Å²) in [4.78, 5) is 53.2. The van der Waals surface area contributed by atoms with Gasteiger partial charge in [-0.15, -0.1) is 35.3 Å². The van der Waals surface area contributed by atoms with Crippen molar-refractivity contribution >= 4 is 108 Å². The van der Waals surface area contributed by atoms with Crippen LogP contribution in [0.3, 0.4) is 0 Å². The van der Waals surface area contributed by atoms with Gasteiger partial charge < -0.3 is 14.2 Å². The normalized spacial score (nSPS) is 11.4. The molecular formula is C49H45N3O6S6. The molecule has 0 spiro atoms. The van der Waals surface area contributed by atoms with Gasteiger partial charge in [-0.3, -0.25) is 15.0 Å². The maximum atomic E-state index is 13.4. The first-order valence-electron chi connectivity index (χ1n) is 20.0. The number of benzene rings is 3. The topological polar surface area (TPSA) is 117 Å². The number of aliphatic imine (C=N–C) groups is 1. The number of pyridine rings is 2. The van der Waals surface area contributed by atoms with Gasteiger partial charge in [0, 0.05) is 35.9 Å². The Bertz CT molecular complexity index is 2350. The van der Waals surface area contributed by atoms with Crippen LogP contribution in [0.5, 0.6) is 0 Å². The molecule has 0 aliphatic carbocycles. The average Bonchev–Trinajstić information content (AvgIpc) is 3.35. The Balaban J connectivity index is 1.22. The number of rotatable bonds is 21. The minimum Gasteiger partial charge on any atom is -0.461 e. The molecule has 0 atom stereocenters. The maximum Gasteiger partial charge on any atom is 0.338 e. The molecule has 0 aliphatic heterocycles. The van der Waals surface area contributed by atoms with Crippen LogP contribution in [0.1, 0.15) is 79.4 Å². The Labute approximate surface area is 403 Å². The highest BCUT2D eigenvalue weighted by Gasteiger charge is 2.35. The number of ether oxygens (including phenoxy) is 3. The molecule has 2 heterocycles. The number of carbonyl (C=O) groups is 3. The molecule has 15 heteroatoms. The van der Waals surface area contributed by atoms with Crippen LogP contribution in [0.15, 0.2) is 152 Å². The highest BCUT2D eigenvalue weighted by molar-refractivity contribution is 8.25. The lowest BCUT2D eigenvalue weighted by atomic mass is 9.88. The molecule has 0 amide bonds. The molecule has 0 fully saturated rings. The monoisotopic (exact) mass is 963 g/mol. The summed E-state index contributed by atoms with van der Waals surface area (Å²) in [7, 11) is 0. The lowest BCUT2D eigenvalue weighted by Crippen LogP contribution is -2.39. The fraction of sp³-hybridized carbons (Fsp3) is 0.204. The first kappa shape index (κ1) is 49.8. The number of carbonyl (C=O) groups excluding carboxylic acids is 3. The molecule has 0 aliphatic rings. The summed E-state index contributed by atoms with van der Waals surface area (Å²) in [5.74, 6) is 0.0363. The van der Waals surface area contributed by atoms with Gasteiger partial charge in [0.05, 0.1) is 51.8 Å². The Morgan fingerprint density at radius 3 is 1.34 bits per heavy atom. The van der Waals surface area contributed by atoms with Crippen LogP contribution in [0.2, 0.25) is 0 Å². The largest absolute Gasteiger partial charge is 0.461 e. The Morgan fingerprint density at radius 2 is 1.02 bits per heavy atom. The van der Waals surface area contributed by atoms with E-state index in [1.165, 1.54) is 35.3 Å². The molecule has 5 aromatic rings. The predicted octanol–water partition coefficient (Wildman–Crippen LogP) is 11.7. The van der Waals surface area contributed by atoms with Crippen molar-refractivity contribution in [2.75, 3.05) is 19.8 Å². The van der Waals surface area contributed by atoms with Crippen LogP contribution in [-0.2, 0) is 31.5 Å². The third kappa shape index (κ3) is 15.5. The molecule has 0 radical (unpaired) electrons. The van der Waals surface area contributed by atoms with Crippen molar-refractivity contribution in [1.82, 2.24) is 9.97 Å². The van der Waals surface area contributed by atoms with Gasteiger partial charge in [-0.05, 0) is 96.8 Å². The van der Waals surface area contributed by atoms with Crippen molar-refractivity contribution in [3.05, 3.63) is 191 Å². The summed E-state index contributed by atoms with van der Waals surface area (Å²) in [6.07, 6.45) is 8.84. The second-order valence-electron chi connectivity index (χ2n) is 14.0. The van der Waals surface area contributed by atoms with Gasteiger partial charge in [0.2, 0.25) is 0 Å². The smallest absolute Gasteiger partial charge is 0.338 e. The lowest BCUT2D eigenvalue weighted by Gasteiger charge is -2.31. The van der Waals surface area contributed by atoms with E-state index >= 15 is 0 Å². The van der Waals surface area contributed by atoms with Crippen LogP contribution in [-0.4, -0.2) is 66.0 Å². The van der Waals surface area contributed by atoms with E-state index in [1.807, 2.05) is 92.7 Å². The van der Waals surface area contributed by atoms with Crippen molar-refractivity contribution in [3.8, 4) is 0 Å². The summed E-state index contributed by atoms with van der Waals surface area (Å²) in [6.45, 7) is 6.95. The van der Waals surface area contributed by atoms with Crippen LogP contribution in [0.4, 0.5) is 0 Å². The zero-order chi connectivity index (χ0) is 45.7. The lowest BCUT2D eigenvalue weighted by molar-refractivity contribution is -0.0381. The first-order chi connectivity index (χ1) is 31.0. The van der Waals surface area contributed by atoms with E-state index in [2.05, 4.69) is 21.5 Å². The molecule has 0 unspecified atom stereocenters. The number of allylic oxidation sites excluding steroid dienone is 2. The van der Waals surface area contributed by atoms with Crippen molar-refractivity contribution < 1.29 is 28.6 Å². The molecule has 5 rings (SSSR count). The van der Waals surface area contributed by atoms with Gasteiger partial charge in [0.25, 0.3) is 0 Å². The second kappa shape index (κ2) is 26.0. The standard InChI is InChI=1S/C49H45N3O6S6/c1-4-25-50-40(5-2)46(59)62-28-34-13-19-37(20-14-34)43(53)56-31-49(6-3,32-57-44(54)38-21-15-35(16-22-38)29-63-47(60)41-11-7-9-26-51-41)33-58-45(55)39-23-17-36(18-24-39)30-64-48(61)42-12-8-10-27-52-42/h4-5,7-27H,2,6,28-33H2,1,3H3/b25-4-,50-40+. The zero-order valence-electron chi connectivity index (χ0n) is 35.2. The van der Waals surface area contributed by atoms with Crippen molar-refractivity contribution in [1.29, 1.82) is 0 Å². The molecule has 2 aromatic heterocycles. The third-order valence-electron chi connectivity index (χ3n) is 9.47. The van der Waals surface area contributed by atoms with E-state index in [9.17, 15) is 14.4 Å². The fourth-order valence-electron chi connectivity index (χ4n) is 5.53. The van der Waals surface area contributed by atoms with E-state index in [-0.39, 0.29) is 19.8 Å². The number of hydrogen-bond donors (Lipinski definition) is 0. The van der Waals surface area contributed by atoms with Gasteiger partial charge in [-0.2, -0.15) is 0 Å². The molecule has 64 heavy (non-hydrogen) atoms. The first-order valence-corrected chi connectivity index (χ1v) is 24.1. The van der Waals surface area contributed by atoms with Gasteiger partial charge in [-0.1, -0.05) is 105 Å². The molecular weight excluding hydrogens is 919 g/mol. The quantitative estimate of drug-likeness (QED) is 0.0300. The predicted molar refractivity (Wildman–Crippen MR) is 274 cm³/mol. The number of hydrogen-bond acceptors (Lipinski definition) is 15. The number of thiocarbonyl (C=S) groups is 3. The van der Waals surface area contributed by atoms with Crippen LogP contribution < -0.4 is 0 Å². The Kier molecular flexibility index (Phi) is 20.2. The molecule has 0 bridgehead atoms. The van der Waals surface area contributed by atoms with Crippen molar-refractivity contribution in [3.63, 3.8) is 0 Å². The highest BCUT2D eigenvalue weighted by Crippen LogP contribution is 2.27. The molecule has 3 aromatic carbocycles. The zero-order valence-corrected chi connectivity index (χ0v) is 40.1. The van der Waals surface area contributed by atoms with Crippen LogP contribution in [0, 0.1) is 5.41 Å². The summed E-state index contributed by atoms with van der Waals surface area (Å²) in [5, 5.41) is 0. The van der Waals surface area contributed by atoms with Gasteiger partial charge in [0.15, 0.2) is 0 Å². The maximum absolute atomic E-state index is 13.4. The molecule has 0 saturated carbocycles. The number of esters is 3. The number of nitrogens with zero attached hydrogens (tertiary/aromatic N) is 3.